The normalized spacial score (nSPS) is 20.2. The van der Waals surface area contributed by atoms with Gasteiger partial charge < -0.3 is 10.1 Å². The first-order valence-corrected chi connectivity index (χ1v) is 7.46. The monoisotopic (exact) mass is 314 g/mol. The van der Waals surface area contributed by atoms with Gasteiger partial charge in [-0.25, -0.2) is 0 Å². The number of carbonyl (C=O) groups excluding carboxylic acids is 1. The van der Waals surface area contributed by atoms with Gasteiger partial charge in [-0.2, -0.15) is 15.5 Å². The third kappa shape index (κ3) is 3.04. The number of rotatable bonds is 4. The van der Waals surface area contributed by atoms with Crippen molar-refractivity contribution < 1.29 is 9.53 Å². The summed E-state index contributed by atoms with van der Waals surface area (Å²) in [4.78, 5) is 12.4. The second-order valence-electron chi connectivity index (χ2n) is 5.66. The zero-order chi connectivity index (χ0) is 16.4. The van der Waals surface area contributed by atoms with Crippen LogP contribution in [0.5, 0.6) is 5.75 Å². The number of nitrogens with one attached hydrogen (secondary N) is 1. The third-order valence-electron chi connectivity index (χ3n) is 4.03. The maximum atomic E-state index is 12.4. The number of aryl methyl sites for hydroxylation is 2. The van der Waals surface area contributed by atoms with Crippen molar-refractivity contribution in [1.82, 2.24) is 24.9 Å². The molecule has 0 unspecified atom stereocenters. The van der Waals surface area contributed by atoms with Crippen LogP contribution >= 0.6 is 0 Å². The van der Waals surface area contributed by atoms with E-state index in [9.17, 15) is 4.79 Å². The molecule has 2 aromatic heterocycles. The lowest BCUT2D eigenvalue weighted by Gasteiger charge is -2.21. The molecule has 1 amide bonds. The van der Waals surface area contributed by atoms with Crippen molar-refractivity contribution in [3.8, 4) is 11.8 Å². The minimum Gasteiger partial charge on any atom is -0.485 e. The van der Waals surface area contributed by atoms with Crippen LogP contribution in [0.3, 0.4) is 0 Å². The lowest BCUT2D eigenvalue weighted by atomic mass is 10.1. The molecule has 1 saturated carbocycles. The Hall–Kier alpha value is -2.82. The number of nitriles is 1. The number of hydrogen-bond acceptors (Lipinski definition) is 5. The Morgan fingerprint density at radius 1 is 1.39 bits per heavy atom. The molecule has 0 spiro atoms. The fraction of sp³-hybridized carbons (Fsp3) is 0.467. The molecule has 8 nitrogen and oxygen atoms in total. The summed E-state index contributed by atoms with van der Waals surface area (Å²) in [6.07, 6.45) is 7.48. The number of carbonyl (C=O) groups is 1. The number of ether oxygens (including phenoxy) is 1. The van der Waals surface area contributed by atoms with Gasteiger partial charge in [0.2, 0.25) is 0 Å². The van der Waals surface area contributed by atoms with E-state index in [4.69, 9.17) is 10.00 Å². The van der Waals surface area contributed by atoms with Gasteiger partial charge >= 0.3 is 0 Å². The molecule has 1 fully saturated rings. The summed E-state index contributed by atoms with van der Waals surface area (Å²) in [5.74, 6) is 0.402. The van der Waals surface area contributed by atoms with Gasteiger partial charge in [0, 0.05) is 14.1 Å². The fourth-order valence-corrected chi connectivity index (χ4v) is 2.85. The first kappa shape index (κ1) is 15.1. The van der Waals surface area contributed by atoms with E-state index in [0.29, 0.717) is 11.3 Å². The maximum absolute atomic E-state index is 12.4. The molecule has 120 valence electrons. The van der Waals surface area contributed by atoms with Gasteiger partial charge in [0.15, 0.2) is 11.4 Å². The highest BCUT2D eigenvalue weighted by Gasteiger charge is 2.31. The van der Waals surface area contributed by atoms with Gasteiger partial charge in [-0.15, -0.1) is 0 Å². The van der Waals surface area contributed by atoms with Crippen molar-refractivity contribution in [3.05, 3.63) is 29.8 Å². The fourth-order valence-electron chi connectivity index (χ4n) is 2.85. The predicted molar refractivity (Wildman–Crippen MR) is 80.7 cm³/mol. The zero-order valence-corrected chi connectivity index (χ0v) is 13.1. The molecular formula is C15H18N6O2. The number of amides is 1. The Kier molecular flexibility index (Phi) is 4.02. The van der Waals surface area contributed by atoms with Gasteiger partial charge in [0.05, 0.1) is 30.2 Å². The summed E-state index contributed by atoms with van der Waals surface area (Å²) in [5.41, 5.74) is 0.548. The van der Waals surface area contributed by atoms with Crippen molar-refractivity contribution in [1.29, 1.82) is 5.26 Å². The van der Waals surface area contributed by atoms with Gasteiger partial charge in [-0.05, 0) is 19.3 Å². The van der Waals surface area contributed by atoms with Crippen LogP contribution in [0.2, 0.25) is 0 Å². The van der Waals surface area contributed by atoms with Gasteiger partial charge in [0.1, 0.15) is 12.2 Å². The largest absolute Gasteiger partial charge is 0.485 e. The van der Waals surface area contributed by atoms with Gasteiger partial charge in [-0.1, -0.05) is 0 Å². The van der Waals surface area contributed by atoms with Crippen LogP contribution < -0.4 is 10.1 Å². The summed E-state index contributed by atoms with van der Waals surface area (Å²) in [6, 6.07) is 1.91. The molecule has 2 aromatic rings. The molecule has 2 atom stereocenters. The van der Waals surface area contributed by atoms with Crippen molar-refractivity contribution in [2.24, 2.45) is 14.1 Å². The highest BCUT2D eigenvalue weighted by Crippen LogP contribution is 2.25. The molecule has 0 aromatic carbocycles. The van der Waals surface area contributed by atoms with Crippen LogP contribution in [0.25, 0.3) is 0 Å². The van der Waals surface area contributed by atoms with Crippen LogP contribution in [-0.2, 0) is 14.1 Å². The second-order valence-corrected chi connectivity index (χ2v) is 5.66. The van der Waals surface area contributed by atoms with E-state index in [1.165, 1.54) is 10.9 Å². The van der Waals surface area contributed by atoms with Crippen molar-refractivity contribution >= 4 is 5.91 Å². The van der Waals surface area contributed by atoms with E-state index in [0.717, 1.165) is 19.3 Å². The highest BCUT2D eigenvalue weighted by atomic mass is 16.5. The molecule has 0 aliphatic heterocycles. The van der Waals surface area contributed by atoms with Crippen LogP contribution in [0, 0.1) is 11.3 Å². The first-order chi connectivity index (χ1) is 11.1. The number of aromatic nitrogens is 4. The predicted octanol–water partition coefficient (Wildman–Crippen LogP) is 0.755. The Labute approximate surface area is 133 Å². The van der Waals surface area contributed by atoms with Gasteiger partial charge in [-0.3, -0.25) is 14.2 Å². The first-order valence-electron chi connectivity index (χ1n) is 7.46. The van der Waals surface area contributed by atoms with E-state index in [-0.39, 0.29) is 23.7 Å². The standard InChI is InChI=1S/C15H18N6O2/c1-20-9-10(7-17-20)23-14-5-3-4-12(14)19-15(22)11-8-18-21(2)13(11)6-16/h7-9,12,14H,3-5H2,1-2H3,(H,19,22)/t12-,14+/m0/s1. The Morgan fingerprint density at radius 3 is 2.91 bits per heavy atom. The molecule has 8 heteroatoms. The smallest absolute Gasteiger partial charge is 0.256 e. The molecule has 1 aliphatic rings. The van der Waals surface area contributed by atoms with Crippen LogP contribution in [-0.4, -0.2) is 37.6 Å². The topological polar surface area (TPSA) is 97.8 Å². The van der Waals surface area contributed by atoms with Crippen LogP contribution in [0.1, 0.15) is 35.3 Å². The molecule has 1 N–H and O–H groups in total. The van der Waals surface area contributed by atoms with Crippen molar-refractivity contribution in [3.63, 3.8) is 0 Å². The van der Waals surface area contributed by atoms with Crippen LogP contribution in [0.15, 0.2) is 18.6 Å². The molecule has 2 heterocycles. The lowest BCUT2D eigenvalue weighted by Crippen LogP contribution is -2.42. The summed E-state index contributed by atoms with van der Waals surface area (Å²) >= 11 is 0. The Balaban J connectivity index is 1.68. The Bertz CT molecular complexity index is 756. The summed E-state index contributed by atoms with van der Waals surface area (Å²) in [7, 11) is 3.46. The van der Waals surface area contributed by atoms with E-state index >= 15 is 0 Å². The summed E-state index contributed by atoms with van der Waals surface area (Å²) in [5, 5.41) is 20.1. The molecule has 0 radical (unpaired) electrons. The quantitative estimate of drug-likeness (QED) is 0.898. The van der Waals surface area contributed by atoms with E-state index in [2.05, 4.69) is 15.5 Å². The molecule has 1 aliphatic carbocycles. The molecule has 0 bridgehead atoms. The minimum atomic E-state index is -0.290. The van der Waals surface area contributed by atoms with Crippen LogP contribution in [0.4, 0.5) is 0 Å². The number of hydrogen-bond donors (Lipinski definition) is 1. The van der Waals surface area contributed by atoms with E-state index in [1.54, 1.807) is 24.1 Å². The molecular weight excluding hydrogens is 296 g/mol. The summed E-state index contributed by atoms with van der Waals surface area (Å²) < 4.78 is 8.99. The summed E-state index contributed by atoms with van der Waals surface area (Å²) in [6.45, 7) is 0. The lowest BCUT2D eigenvalue weighted by molar-refractivity contribution is 0.0893. The highest BCUT2D eigenvalue weighted by molar-refractivity contribution is 5.96. The number of nitrogens with zero attached hydrogens (tertiary/aromatic N) is 5. The van der Waals surface area contributed by atoms with Crippen molar-refractivity contribution in [2.75, 3.05) is 0 Å². The van der Waals surface area contributed by atoms with Crippen molar-refractivity contribution in [2.45, 2.75) is 31.4 Å². The molecule has 3 rings (SSSR count). The average Bonchev–Trinajstić information content (AvgIpc) is 3.21. The maximum Gasteiger partial charge on any atom is 0.256 e. The molecule has 23 heavy (non-hydrogen) atoms. The van der Waals surface area contributed by atoms with Gasteiger partial charge in [0.25, 0.3) is 5.91 Å². The second kappa shape index (κ2) is 6.12. The average molecular weight is 314 g/mol. The minimum absolute atomic E-state index is 0.0885. The van der Waals surface area contributed by atoms with E-state index < -0.39 is 0 Å². The SMILES string of the molecule is Cn1cc(O[C@@H]2CCC[C@@H]2NC(=O)c2cnn(C)c2C#N)cn1. The zero-order valence-electron chi connectivity index (χ0n) is 13.1. The molecule has 0 saturated heterocycles. The third-order valence-corrected chi connectivity index (χ3v) is 4.03. The Morgan fingerprint density at radius 2 is 2.22 bits per heavy atom. The van der Waals surface area contributed by atoms with E-state index in [1.807, 2.05) is 13.1 Å².